The predicted molar refractivity (Wildman–Crippen MR) is 74.3 cm³/mol. The second kappa shape index (κ2) is 7.41. The fraction of sp³-hybridized carbons (Fsp3) is 0.429. The normalized spacial score (nSPS) is 11.7. The van der Waals surface area contributed by atoms with Crippen LogP contribution in [0, 0.1) is 0 Å². The van der Waals surface area contributed by atoms with Gasteiger partial charge < -0.3 is 15.7 Å². The topological polar surface area (TPSA) is 78.4 Å². The number of anilines is 1. The second-order valence-corrected chi connectivity index (χ2v) is 4.30. The third-order valence-corrected chi connectivity index (χ3v) is 2.80. The van der Waals surface area contributed by atoms with Crippen LogP contribution >= 0.6 is 0 Å². The Hall–Kier alpha value is -2.04. The van der Waals surface area contributed by atoms with Gasteiger partial charge in [0.25, 0.3) is 0 Å². The van der Waals surface area contributed by atoms with Crippen molar-refractivity contribution in [2.75, 3.05) is 5.32 Å². The standard InChI is InChI=1S/C14H20N2O3/c1-3-7-10-8-5-6-9-12(10)16-14(19)15-11(4-2)13(17)18/h5-6,8-9,11H,3-4,7H2,1-2H3,(H,17,18)(H2,15,16,19)/t11-/m1/s1. The van der Waals surface area contributed by atoms with Crippen molar-refractivity contribution in [2.45, 2.75) is 39.2 Å². The average Bonchev–Trinajstić information content (AvgIpc) is 2.38. The molecular weight excluding hydrogens is 244 g/mol. The zero-order valence-electron chi connectivity index (χ0n) is 11.3. The lowest BCUT2D eigenvalue weighted by Gasteiger charge is -2.15. The van der Waals surface area contributed by atoms with E-state index in [0.717, 1.165) is 24.1 Å². The highest BCUT2D eigenvalue weighted by Gasteiger charge is 2.17. The summed E-state index contributed by atoms with van der Waals surface area (Å²) < 4.78 is 0. The van der Waals surface area contributed by atoms with Gasteiger partial charge in [-0.1, -0.05) is 38.5 Å². The molecule has 0 aromatic heterocycles. The lowest BCUT2D eigenvalue weighted by molar-refractivity contribution is -0.139. The molecule has 0 radical (unpaired) electrons. The lowest BCUT2D eigenvalue weighted by atomic mass is 10.1. The molecule has 5 heteroatoms. The molecule has 0 spiro atoms. The minimum Gasteiger partial charge on any atom is -0.480 e. The van der Waals surface area contributed by atoms with E-state index in [9.17, 15) is 9.59 Å². The molecule has 1 aromatic carbocycles. The van der Waals surface area contributed by atoms with Gasteiger partial charge in [0, 0.05) is 5.69 Å². The zero-order chi connectivity index (χ0) is 14.3. The molecule has 1 aromatic rings. The van der Waals surface area contributed by atoms with Gasteiger partial charge in [-0.05, 0) is 24.5 Å². The summed E-state index contributed by atoms with van der Waals surface area (Å²) in [6.45, 7) is 3.78. The molecule has 0 heterocycles. The van der Waals surface area contributed by atoms with E-state index in [0.29, 0.717) is 6.42 Å². The maximum Gasteiger partial charge on any atom is 0.326 e. The Balaban J connectivity index is 2.69. The molecule has 1 atom stereocenters. The fourth-order valence-corrected chi connectivity index (χ4v) is 1.78. The predicted octanol–water partition coefficient (Wildman–Crippen LogP) is 2.62. The molecule has 104 valence electrons. The number of hydrogen-bond donors (Lipinski definition) is 3. The summed E-state index contributed by atoms with van der Waals surface area (Å²) in [7, 11) is 0. The number of para-hydroxylation sites is 1. The maximum absolute atomic E-state index is 11.8. The molecule has 0 saturated carbocycles. The minimum absolute atomic E-state index is 0.347. The Bertz CT molecular complexity index is 446. The summed E-state index contributed by atoms with van der Waals surface area (Å²) in [6.07, 6.45) is 2.19. The van der Waals surface area contributed by atoms with E-state index in [4.69, 9.17) is 5.11 Å². The van der Waals surface area contributed by atoms with Gasteiger partial charge >= 0.3 is 12.0 Å². The van der Waals surface area contributed by atoms with E-state index in [1.165, 1.54) is 0 Å². The first kappa shape index (κ1) is 15.0. The summed E-state index contributed by atoms with van der Waals surface area (Å²) in [5.74, 6) is -1.03. The van der Waals surface area contributed by atoms with Crippen LogP contribution in [0.1, 0.15) is 32.3 Å². The number of urea groups is 1. The number of carbonyl (C=O) groups excluding carboxylic acids is 1. The highest BCUT2D eigenvalue weighted by atomic mass is 16.4. The van der Waals surface area contributed by atoms with Crippen molar-refractivity contribution in [1.29, 1.82) is 0 Å². The first-order valence-electron chi connectivity index (χ1n) is 6.46. The van der Waals surface area contributed by atoms with Crippen molar-refractivity contribution in [3.8, 4) is 0 Å². The molecule has 0 aliphatic rings. The molecule has 1 rings (SSSR count). The van der Waals surface area contributed by atoms with Crippen LogP contribution in [0.4, 0.5) is 10.5 Å². The number of amides is 2. The number of carbonyl (C=O) groups is 2. The van der Waals surface area contributed by atoms with Crippen LogP contribution in [0.25, 0.3) is 0 Å². The Morgan fingerprint density at radius 2 is 1.95 bits per heavy atom. The molecule has 2 amide bonds. The molecular formula is C14H20N2O3. The molecule has 3 N–H and O–H groups in total. The number of aliphatic carboxylic acids is 1. The minimum atomic E-state index is -1.03. The number of hydrogen-bond acceptors (Lipinski definition) is 2. The van der Waals surface area contributed by atoms with Crippen molar-refractivity contribution < 1.29 is 14.7 Å². The number of benzene rings is 1. The zero-order valence-corrected chi connectivity index (χ0v) is 11.3. The van der Waals surface area contributed by atoms with Crippen LogP contribution < -0.4 is 10.6 Å². The Morgan fingerprint density at radius 1 is 1.26 bits per heavy atom. The van der Waals surface area contributed by atoms with Crippen molar-refractivity contribution >= 4 is 17.7 Å². The first-order chi connectivity index (χ1) is 9.08. The summed E-state index contributed by atoms with van der Waals surface area (Å²) in [5, 5.41) is 14.0. The van der Waals surface area contributed by atoms with E-state index >= 15 is 0 Å². The number of carboxylic acid groups (broad SMARTS) is 1. The van der Waals surface area contributed by atoms with E-state index < -0.39 is 18.0 Å². The van der Waals surface area contributed by atoms with Gasteiger partial charge in [0.15, 0.2) is 0 Å². The largest absolute Gasteiger partial charge is 0.480 e. The smallest absolute Gasteiger partial charge is 0.326 e. The van der Waals surface area contributed by atoms with E-state index in [1.54, 1.807) is 6.92 Å². The van der Waals surface area contributed by atoms with E-state index in [-0.39, 0.29) is 0 Å². The lowest BCUT2D eigenvalue weighted by Crippen LogP contribution is -2.42. The van der Waals surface area contributed by atoms with Gasteiger partial charge in [0.05, 0.1) is 0 Å². The van der Waals surface area contributed by atoms with Crippen molar-refractivity contribution in [1.82, 2.24) is 5.32 Å². The van der Waals surface area contributed by atoms with Crippen molar-refractivity contribution in [3.05, 3.63) is 29.8 Å². The summed E-state index contributed by atoms with van der Waals surface area (Å²) in [5.41, 5.74) is 1.77. The van der Waals surface area contributed by atoms with Gasteiger partial charge in [0.2, 0.25) is 0 Å². The van der Waals surface area contributed by atoms with Crippen LogP contribution in [-0.2, 0) is 11.2 Å². The average molecular weight is 264 g/mol. The van der Waals surface area contributed by atoms with Crippen molar-refractivity contribution in [2.24, 2.45) is 0 Å². The van der Waals surface area contributed by atoms with Crippen LogP contribution in [0.15, 0.2) is 24.3 Å². The third kappa shape index (κ3) is 4.62. The monoisotopic (exact) mass is 264 g/mol. The van der Waals surface area contributed by atoms with Crippen LogP contribution in [0.3, 0.4) is 0 Å². The highest BCUT2D eigenvalue weighted by molar-refractivity contribution is 5.92. The number of aryl methyl sites for hydroxylation is 1. The van der Waals surface area contributed by atoms with Gasteiger partial charge in [-0.3, -0.25) is 0 Å². The van der Waals surface area contributed by atoms with Gasteiger partial charge in [-0.15, -0.1) is 0 Å². The number of nitrogens with one attached hydrogen (secondary N) is 2. The molecule has 0 unspecified atom stereocenters. The van der Waals surface area contributed by atoms with Gasteiger partial charge in [0.1, 0.15) is 6.04 Å². The Kier molecular flexibility index (Phi) is 5.85. The van der Waals surface area contributed by atoms with Crippen molar-refractivity contribution in [3.63, 3.8) is 0 Å². The van der Waals surface area contributed by atoms with Crippen LogP contribution in [0.2, 0.25) is 0 Å². The number of carboxylic acids is 1. The van der Waals surface area contributed by atoms with E-state index in [2.05, 4.69) is 17.6 Å². The highest BCUT2D eigenvalue weighted by Crippen LogP contribution is 2.16. The maximum atomic E-state index is 11.8. The molecule has 5 nitrogen and oxygen atoms in total. The molecule has 0 bridgehead atoms. The molecule has 0 fully saturated rings. The van der Waals surface area contributed by atoms with Crippen LogP contribution in [-0.4, -0.2) is 23.1 Å². The number of rotatable bonds is 6. The van der Waals surface area contributed by atoms with Gasteiger partial charge in [-0.2, -0.15) is 0 Å². The molecule has 19 heavy (non-hydrogen) atoms. The quantitative estimate of drug-likeness (QED) is 0.739. The van der Waals surface area contributed by atoms with E-state index in [1.807, 2.05) is 24.3 Å². The third-order valence-electron chi connectivity index (χ3n) is 2.80. The molecule has 0 saturated heterocycles. The Morgan fingerprint density at radius 3 is 2.53 bits per heavy atom. The summed E-state index contributed by atoms with van der Waals surface area (Å²) in [4.78, 5) is 22.6. The second-order valence-electron chi connectivity index (χ2n) is 4.30. The fourth-order valence-electron chi connectivity index (χ4n) is 1.78. The first-order valence-corrected chi connectivity index (χ1v) is 6.46. The molecule has 0 aliphatic carbocycles. The molecule has 0 aliphatic heterocycles. The van der Waals surface area contributed by atoms with Gasteiger partial charge in [-0.25, -0.2) is 9.59 Å². The Labute approximate surface area is 113 Å². The summed E-state index contributed by atoms with van der Waals surface area (Å²) >= 11 is 0. The SMILES string of the molecule is CCCc1ccccc1NC(=O)N[C@H](CC)C(=O)O. The van der Waals surface area contributed by atoms with Crippen LogP contribution in [0.5, 0.6) is 0 Å². The summed E-state index contributed by atoms with van der Waals surface area (Å²) in [6, 6.07) is 6.17.